The molecule has 0 aromatic heterocycles. The molecule has 0 heterocycles. The van der Waals surface area contributed by atoms with Gasteiger partial charge >= 0.3 is 0 Å². The van der Waals surface area contributed by atoms with Crippen LogP contribution in [0, 0.1) is 5.82 Å². The quantitative estimate of drug-likeness (QED) is 0.636. The van der Waals surface area contributed by atoms with Crippen molar-refractivity contribution in [1.29, 1.82) is 0 Å². The van der Waals surface area contributed by atoms with Crippen LogP contribution in [0.25, 0.3) is 0 Å². The van der Waals surface area contributed by atoms with Gasteiger partial charge in [0.1, 0.15) is 0 Å². The van der Waals surface area contributed by atoms with E-state index in [1.54, 1.807) is 6.07 Å². The summed E-state index contributed by atoms with van der Waals surface area (Å²) >= 11 is 5.57. The minimum atomic E-state index is -0.334. The van der Waals surface area contributed by atoms with Gasteiger partial charge in [-0.1, -0.05) is 19.9 Å². The van der Waals surface area contributed by atoms with Crippen LogP contribution in [0.4, 0.5) is 4.39 Å². The molecular weight excluding hydrogens is 229 g/mol. The third-order valence-corrected chi connectivity index (χ3v) is 2.78. The standard InChI is InChI=1S/C12H17ClFNO/c1-12(2,7-15-8-13)9-4-5-11(16-3)10(14)6-9/h4-6,15H,7-8H2,1-3H3. The second-order valence-electron chi connectivity index (χ2n) is 4.29. The summed E-state index contributed by atoms with van der Waals surface area (Å²) in [6.45, 7) is 4.77. The van der Waals surface area contributed by atoms with Gasteiger partial charge in [0.05, 0.1) is 13.1 Å². The number of benzene rings is 1. The van der Waals surface area contributed by atoms with Crippen LogP contribution in [0.2, 0.25) is 0 Å². The first-order chi connectivity index (χ1) is 7.51. The predicted molar refractivity (Wildman–Crippen MR) is 64.7 cm³/mol. The maximum atomic E-state index is 13.5. The first-order valence-corrected chi connectivity index (χ1v) is 5.65. The average molecular weight is 246 g/mol. The lowest BCUT2D eigenvalue weighted by Gasteiger charge is -2.25. The van der Waals surface area contributed by atoms with E-state index >= 15 is 0 Å². The van der Waals surface area contributed by atoms with Crippen molar-refractivity contribution in [1.82, 2.24) is 5.32 Å². The Balaban J connectivity index is 2.91. The Morgan fingerprint density at radius 1 is 1.44 bits per heavy atom. The van der Waals surface area contributed by atoms with Gasteiger partial charge < -0.3 is 10.1 Å². The smallest absolute Gasteiger partial charge is 0.165 e. The predicted octanol–water partition coefficient (Wildman–Crippen LogP) is 2.90. The van der Waals surface area contributed by atoms with Crippen LogP contribution in [0.15, 0.2) is 18.2 Å². The SMILES string of the molecule is COc1ccc(C(C)(C)CNCCl)cc1F. The Kier molecular flexibility index (Phi) is 4.56. The number of hydrogen-bond donors (Lipinski definition) is 1. The van der Waals surface area contributed by atoms with Gasteiger partial charge in [0.2, 0.25) is 0 Å². The molecule has 0 bridgehead atoms. The lowest BCUT2D eigenvalue weighted by Crippen LogP contribution is -2.32. The van der Waals surface area contributed by atoms with Gasteiger partial charge in [-0.3, -0.25) is 0 Å². The summed E-state index contributed by atoms with van der Waals surface area (Å²) in [6, 6.07) is 5.42. The lowest BCUT2D eigenvalue weighted by atomic mass is 9.84. The van der Waals surface area contributed by atoms with Gasteiger partial charge in [0.25, 0.3) is 0 Å². The number of nitrogens with one attached hydrogen (secondary N) is 1. The summed E-state index contributed by atoms with van der Waals surface area (Å²) in [6.07, 6.45) is 0. The monoisotopic (exact) mass is 245 g/mol. The zero-order valence-electron chi connectivity index (χ0n) is 9.81. The highest BCUT2D eigenvalue weighted by molar-refractivity contribution is 6.17. The third-order valence-electron chi connectivity index (χ3n) is 2.59. The van der Waals surface area contributed by atoms with Crippen LogP contribution >= 0.6 is 11.6 Å². The maximum Gasteiger partial charge on any atom is 0.165 e. The second-order valence-corrected chi connectivity index (χ2v) is 4.56. The molecule has 0 aliphatic carbocycles. The van der Waals surface area contributed by atoms with Crippen molar-refractivity contribution in [3.63, 3.8) is 0 Å². The average Bonchev–Trinajstić information content (AvgIpc) is 2.26. The summed E-state index contributed by atoms with van der Waals surface area (Å²) in [4.78, 5) is 0. The molecule has 0 atom stereocenters. The maximum absolute atomic E-state index is 13.5. The van der Waals surface area contributed by atoms with Crippen molar-refractivity contribution in [2.45, 2.75) is 19.3 Å². The van der Waals surface area contributed by atoms with E-state index in [0.29, 0.717) is 12.5 Å². The number of rotatable bonds is 5. The molecule has 0 fully saturated rings. The molecule has 16 heavy (non-hydrogen) atoms. The Hall–Kier alpha value is -0.800. The molecule has 0 aliphatic heterocycles. The van der Waals surface area contributed by atoms with Crippen molar-refractivity contribution in [3.05, 3.63) is 29.6 Å². The van der Waals surface area contributed by atoms with E-state index in [1.165, 1.54) is 13.2 Å². The Bertz CT molecular complexity index is 355. The van der Waals surface area contributed by atoms with Gasteiger partial charge in [0, 0.05) is 12.0 Å². The number of ether oxygens (including phenoxy) is 1. The summed E-state index contributed by atoms with van der Waals surface area (Å²) in [7, 11) is 1.46. The zero-order chi connectivity index (χ0) is 12.2. The van der Waals surface area contributed by atoms with E-state index in [2.05, 4.69) is 5.32 Å². The van der Waals surface area contributed by atoms with Gasteiger partial charge in [-0.15, -0.1) is 11.6 Å². The van der Waals surface area contributed by atoms with Crippen LogP contribution < -0.4 is 10.1 Å². The first kappa shape index (κ1) is 13.3. The van der Waals surface area contributed by atoms with E-state index in [9.17, 15) is 4.39 Å². The van der Waals surface area contributed by atoms with Crippen LogP contribution in [0.1, 0.15) is 19.4 Å². The molecule has 90 valence electrons. The van der Waals surface area contributed by atoms with Crippen molar-refractivity contribution in [2.75, 3.05) is 19.7 Å². The molecule has 1 aromatic carbocycles. The Labute approximate surface area is 101 Å². The number of alkyl halides is 1. The van der Waals surface area contributed by atoms with Gasteiger partial charge in [-0.2, -0.15) is 0 Å². The number of methoxy groups -OCH3 is 1. The normalized spacial score (nSPS) is 11.6. The van der Waals surface area contributed by atoms with E-state index in [4.69, 9.17) is 16.3 Å². The van der Waals surface area contributed by atoms with Crippen molar-refractivity contribution in [2.24, 2.45) is 0 Å². The fourth-order valence-electron chi connectivity index (χ4n) is 1.55. The largest absolute Gasteiger partial charge is 0.494 e. The minimum Gasteiger partial charge on any atom is -0.494 e. The van der Waals surface area contributed by atoms with Crippen molar-refractivity contribution < 1.29 is 9.13 Å². The Morgan fingerprint density at radius 2 is 2.12 bits per heavy atom. The van der Waals surface area contributed by atoms with Crippen LogP contribution in [-0.4, -0.2) is 19.7 Å². The van der Waals surface area contributed by atoms with E-state index in [0.717, 1.165) is 5.56 Å². The lowest BCUT2D eigenvalue weighted by molar-refractivity contribution is 0.384. The van der Waals surface area contributed by atoms with Gasteiger partial charge in [-0.05, 0) is 17.7 Å². The summed E-state index contributed by atoms with van der Waals surface area (Å²) < 4.78 is 18.4. The van der Waals surface area contributed by atoms with Crippen molar-refractivity contribution >= 4 is 11.6 Å². The van der Waals surface area contributed by atoms with Crippen LogP contribution in [-0.2, 0) is 5.41 Å². The minimum absolute atomic E-state index is 0.165. The molecule has 1 N–H and O–H groups in total. The topological polar surface area (TPSA) is 21.3 Å². The molecule has 0 aliphatic rings. The molecule has 0 unspecified atom stereocenters. The van der Waals surface area contributed by atoms with E-state index in [1.807, 2.05) is 19.9 Å². The number of hydrogen-bond acceptors (Lipinski definition) is 2. The molecule has 0 amide bonds. The highest BCUT2D eigenvalue weighted by Gasteiger charge is 2.21. The summed E-state index contributed by atoms with van der Waals surface area (Å²) in [5, 5.41) is 3.05. The van der Waals surface area contributed by atoms with Gasteiger partial charge in [0.15, 0.2) is 11.6 Å². The summed E-state index contributed by atoms with van der Waals surface area (Å²) in [5.74, 6) is -0.0659. The van der Waals surface area contributed by atoms with Crippen LogP contribution in [0.3, 0.4) is 0 Å². The highest BCUT2D eigenvalue weighted by Crippen LogP contribution is 2.26. The molecule has 0 saturated heterocycles. The fourth-order valence-corrected chi connectivity index (χ4v) is 1.64. The molecule has 2 nitrogen and oxygen atoms in total. The van der Waals surface area contributed by atoms with Crippen LogP contribution in [0.5, 0.6) is 5.75 Å². The third kappa shape index (κ3) is 3.09. The molecule has 0 spiro atoms. The van der Waals surface area contributed by atoms with E-state index < -0.39 is 0 Å². The molecule has 0 radical (unpaired) electrons. The molecule has 1 aromatic rings. The molecule has 4 heteroatoms. The van der Waals surface area contributed by atoms with Crippen molar-refractivity contribution in [3.8, 4) is 5.75 Å². The second kappa shape index (κ2) is 5.51. The highest BCUT2D eigenvalue weighted by atomic mass is 35.5. The summed E-state index contributed by atoms with van der Waals surface area (Å²) in [5.41, 5.74) is 0.755. The fraction of sp³-hybridized carbons (Fsp3) is 0.500. The molecule has 0 saturated carbocycles. The molecule has 1 rings (SSSR count). The Morgan fingerprint density at radius 3 is 2.62 bits per heavy atom. The molecular formula is C12H17ClFNO. The number of halogens is 2. The van der Waals surface area contributed by atoms with Gasteiger partial charge in [-0.25, -0.2) is 4.39 Å². The zero-order valence-corrected chi connectivity index (χ0v) is 10.6. The first-order valence-electron chi connectivity index (χ1n) is 5.12. The van der Waals surface area contributed by atoms with E-state index in [-0.39, 0.29) is 17.0 Å².